The molecule has 6 heteroatoms. The summed E-state index contributed by atoms with van der Waals surface area (Å²) in [6.07, 6.45) is 0. The average molecular weight is 224 g/mol. The van der Waals surface area contributed by atoms with E-state index in [2.05, 4.69) is 4.98 Å². The first-order chi connectivity index (χ1) is 7.63. The standard InChI is InChI=1S/C10H9FN2O3/c1-2-16-10(14)9-12-7-4-3-6(11)5-8(7)13(9)15/h3-5,15H,2H2,1H3. The van der Waals surface area contributed by atoms with Crippen molar-refractivity contribution in [2.75, 3.05) is 6.61 Å². The van der Waals surface area contributed by atoms with E-state index in [0.717, 1.165) is 6.07 Å². The van der Waals surface area contributed by atoms with E-state index in [1.807, 2.05) is 0 Å². The third-order valence-electron chi connectivity index (χ3n) is 2.05. The van der Waals surface area contributed by atoms with Crippen molar-refractivity contribution in [1.82, 2.24) is 9.71 Å². The Morgan fingerprint density at radius 2 is 2.38 bits per heavy atom. The van der Waals surface area contributed by atoms with Gasteiger partial charge in [0.25, 0.3) is 5.82 Å². The fourth-order valence-electron chi connectivity index (χ4n) is 1.36. The molecule has 0 saturated carbocycles. The van der Waals surface area contributed by atoms with Crippen LogP contribution >= 0.6 is 0 Å². The van der Waals surface area contributed by atoms with Gasteiger partial charge in [-0.1, -0.05) is 0 Å². The van der Waals surface area contributed by atoms with Gasteiger partial charge in [-0.25, -0.2) is 14.2 Å². The van der Waals surface area contributed by atoms with Gasteiger partial charge in [0.15, 0.2) is 0 Å². The van der Waals surface area contributed by atoms with Crippen LogP contribution in [-0.2, 0) is 4.74 Å². The number of halogens is 1. The topological polar surface area (TPSA) is 64.3 Å². The van der Waals surface area contributed by atoms with Gasteiger partial charge in [-0.05, 0) is 19.1 Å². The third kappa shape index (κ3) is 1.58. The van der Waals surface area contributed by atoms with Gasteiger partial charge in [0.2, 0.25) is 0 Å². The Kier molecular flexibility index (Phi) is 2.47. The molecule has 1 heterocycles. The van der Waals surface area contributed by atoms with Crippen LogP contribution in [0.1, 0.15) is 17.5 Å². The van der Waals surface area contributed by atoms with Crippen molar-refractivity contribution < 1.29 is 19.1 Å². The average Bonchev–Trinajstić information content (AvgIpc) is 2.57. The van der Waals surface area contributed by atoms with Crippen molar-refractivity contribution in [3.63, 3.8) is 0 Å². The first-order valence-corrected chi connectivity index (χ1v) is 4.68. The van der Waals surface area contributed by atoms with Gasteiger partial charge in [-0.2, -0.15) is 4.73 Å². The number of fused-ring (bicyclic) bond motifs is 1. The quantitative estimate of drug-likeness (QED) is 0.621. The van der Waals surface area contributed by atoms with Crippen LogP contribution in [0.5, 0.6) is 0 Å². The summed E-state index contributed by atoms with van der Waals surface area (Å²) in [7, 11) is 0. The van der Waals surface area contributed by atoms with Gasteiger partial charge in [0.05, 0.1) is 12.1 Å². The summed E-state index contributed by atoms with van der Waals surface area (Å²) in [5, 5.41) is 9.60. The van der Waals surface area contributed by atoms with E-state index in [9.17, 15) is 14.4 Å². The summed E-state index contributed by atoms with van der Waals surface area (Å²) < 4.78 is 18.1. The Hall–Kier alpha value is -2.11. The predicted octanol–water partition coefficient (Wildman–Crippen LogP) is 1.59. The largest absolute Gasteiger partial charge is 0.460 e. The Morgan fingerprint density at radius 3 is 3.06 bits per heavy atom. The zero-order valence-electron chi connectivity index (χ0n) is 8.48. The first kappa shape index (κ1) is 10.4. The van der Waals surface area contributed by atoms with E-state index in [1.54, 1.807) is 6.92 Å². The van der Waals surface area contributed by atoms with Gasteiger partial charge in [-0.15, -0.1) is 0 Å². The molecule has 84 valence electrons. The molecule has 0 aliphatic rings. The van der Waals surface area contributed by atoms with Gasteiger partial charge in [-0.3, -0.25) is 0 Å². The minimum absolute atomic E-state index is 0.128. The minimum Gasteiger partial charge on any atom is -0.460 e. The third-order valence-corrected chi connectivity index (χ3v) is 2.05. The van der Waals surface area contributed by atoms with Crippen LogP contribution in [-0.4, -0.2) is 27.5 Å². The zero-order chi connectivity index (χ0) is 11.7. The molecule has 0 atom stereocenters. The van der Waals surface area contributed by atoms with Gasteiger partial charge in [0, 0.05) is 6.07 Å². The molecule has 2 rings (SSSR count). The molecule has 0 unspecified atom stereocenters. The molecular formula is C10H9FN2O3. The van der Waals surface area contributed by atoms with Crippen molar-refractivity contribution in [3.05, 3.63) is 29.8 Å². The number of esters is 1. The number of hydrogen-bond donors (Lipinski definition) is 1. The molecule has 2 aromatic rings. The number of nitrogens with zero attached hydrogens (tertiary/aromatic N) is 2. The number of carbonyl (C=O) groups is 1. The van der Waals surface area contributed by atoms with Crippen molar-refractivity contribution in [3.8, 4) is 0 Å². The van der Waals surface area contributed by atoms with Crippen LogP contribution < -0.4 is 0 Å². The second kappa shape index (κ2) is 3.80. The molecule has 0 spiro atoms. The molecule has 1 aromatic heterocycles. The van der Waals surface area contributed by atoms with Crippen molar-refractivity contribution in [2.24, 2.45) is 0 Å². The highest BCUT2D eigenvalue weighted by Gasteiger charge is 2.18. The van der Waals surface area contributed by atoms with Gasteiger partial charge in [0.1, 0.15) is 11.3 Å². The summed E-state index contributed by atoms with van der Waals surface area (Å²) in [4.78, 5) is 15.2. The molecule has 1 N–H and O–H groups in total. The highest BCUT2D eigenvalue weighted by Crippen LogP contribution is 2.16. The molecule has 0 saturated heterocycles. The SMILES string of the molecule is CCOC(=O)c1nc2ccc(F)cc2n1O. The number of benzene rings is 1. The fraction of sp³-hybridized carbons (Fsp3) is 0.200. The van der Waals surface area contributed by atoms with E-state index in [1.165, 1.54) is 12.1 Å². The molecule has 16 heavy (non-hydrogen) atoms. The normalized spacial score (nSPS) is 10.6. The summed E-state index contributed by atoms with van der Waals surface area (Å²) in [5.74, 6) is -1.53. The Labute approximate surface area is 90.0 Å². The predicted molar refractivity (Wildman–Crippen MR) is 52.8 cm³/mol. The lowest BCUT2D eigenvalue weighted by molar-refractivity contribution is 0.0470. The first-order valence-electron chi connectivity index (χ1n) is 4.68. The maximum Gasteiger partial charge on any atom is 0.377 e. The zero-order valence-corrected chi connectivity index (χ0v) is 8.48. The fourth-order valence-corrected chi connectivity index (χ4v) is 1.36. The van der Waals surface area contributed by atoms with E-state index in [0.29, 0.717) is 10.2 Å². The van der Waals surface area contributed by atoms with Crippen LogP contribution in [0.15, 0.2) is 18.2 Å². The monoisotopic (exact) mass is 224 g/mol. The smallest absolute Gasteiger partial charge is 0.377 e. The molecule has 0 bridgehead atoms. The number of imidazole rings is 1. The summed E-state index contributed by atoms with van der Waals surface area (Å²) in [6.45, 7) is 1.82. The highest BCUT2D eigenvalue weighted by atomic mass is 19.1. The highest BCUT2D eigenvalue weighted by molar-refractivity contribution is 5.90. The van der Waals surface area contributed by atoms with E-state index in [4.69, 9.17) is 4.74 Å². The molecule has 0 amide bonds. The molecule has 0 fully saturated rings. The Bertz CT molecular complexity index is 550. The molecule has 5 nitrogen and oxygen atoms in total. The van der Waals surface area contributed by atoms with Crippen LogP contribution in [0.3, 0.4) is 0 Å². The Morgan fingerprint density at radius 1 is 1.62 bits per heavy atom. The summed E-state index contributed by atoms with van der Waals surface area (Å²) >= 11 is 0. The van der Waals surface area contributed by atoms with Crippen LogP contribution in [0.25, 0.3) is 11.0 Å². The lowest BCUT2D eigenvalue weighted by atomic mass is 10.3. The lowest BCUT2D eigenvalue weighted by Crippen LogP contribution is -2.11. The number of ether oxygens (including phenoxy) is 1. The molecule has 0 radical (unpaired) electrons. The van der Waals surface area contributed by atoms with Crippen molar-refractivity contribution in [2.45, 2.75) is 6.92 Å². The number of aromatic nitrogens is 2. The minimum atomic E-state index is -0.749. The van der Waals surface area contributed by atoms with Crippen LogP contribution in [0.2, 0.25) is 0 Å². The molecule has 0 aliphatic carbocycles. The van der Waals surface area contributed by atoms with E-state index in [-0.39, 0.29) is 17.9 Å². The van der Waals surface area contributed by atoms with Crippen molar-refractivity contribution >= 4 is 17.0 Å². The second-order valence-electron chi connectivity index (χ2n) is 3.10. The van der Waals surface area contributed by atoms with E-state index >= 15 is 0 Å². The number of hydrogen-bond acceptors (Lipinski definition) is 4. The summed E-state index contributed by atoms with van der Waals surface area (Å²) in [6, 6.07) is 3.66. The maximum atomic E-state index is 12.9. The summed E-state index contributed by atoms with van der Waals surface area (Å²) in [5.41, 5.74) is 0.454. The number of rotatable bonds is 2. The molecule has 1 aromatic carbocycles. The van der Waals surface area contributed by atoms with Gasteiger partial charge < -0.3 is 9.94 Å². The Balaban J connectivity index is 2.56. The van der Waals surface area contributed by atoms with E-state index < -0.39 is 11.8 Å². The second-order valence-corrected chi connectivity index (χ2v) is 3.10. The lowest BCUT2D eigenvalue weighted by Gasteiger charge is -1.99. The molecule has 0 aliphatic heterocycles. The maximum absolute atomic E-state index is 12.9. The molecular weight excluding hydrogens is 215 g/mol. The number of carbonyl (C=O) groups excluding carboxylic acids is 1. The van der Waals surface area contributed by atoms with Crippen molar-refractivity contribution in [1.29, 1.82) is 0 Å². The van der Waals surface area contributed by atoms with Crippen LogP contribution in [0, 0.1) is 5.82 Å². The van der Waals surface area contributed by atoms with Crippen LogP contribution in [0.4, 0.5) is 4.39 Å². The van der Waals surface area contributed by atoms with Gasteiger partial charge >= 0.3 is 5.97 Å².